The summed E-state index contributed by atoms with van der Waals surface area (Å²) in [6.07, 6.45) is 2.16. The van der Waals surface area contributed by atoms with Crippen LogP contribution < -0.4 is 9.64 Å². The van der Waals surface area contributed by atoms with Crippen LogP contribution >= 0.6 is 23.1 Å². The van der Waals surface area contributed by atoms with Crippen molar-refractivity contribution in [1.29, 1.82) is 0 Å². The van der Waals surface area contributed by atoms with Gasteiger partial charge in [-0.3, -0.25) is 0 Å². The lowest BCUT2D eigenvalue weighted by atomic mass is 10.1. The average Bonchev–Trinajstić information content (AvgIpc) is 3.00. The van der Waals surface area contributed by atoms with E-state index in [-0.39, 0.29) is 6.10 Å². The maximum absolute atomic E-state index is 6.15. The van der Waals surface area contributed by atoms with Gasteiger partial charge in [-0.25, -0.2) is 4.98 Å². The SMILES string of the molecule is CC(C)c1nsc(N2CCC(Oc3ccccc3Cl)CC2)n1. The van der Waals surface area contributed by atoms with Gasteiger partial charge in [0.25, 0.3) is 0 Å². The van der Waals surface area contributed by atoms with Crippen molar-refractivity contribution >= 4 is 28.3 Å². The Labute approximate surface area is 140 Å². The highest BCUT2D eigenvalue weighted by molar-refractivity contribution is 7.09. The molecule has 0 atom stereocenters. The summed E-state index contributed by atoms with van der Waals surface area (Å²) in [5, 5.41) is 1.70. The molecule has 118 valence electrons. The van der Waals surface area contributed by atoms with Gasteiger partial charge in [-0.1, -0.05) is 37.6 Å². The van der Waals surface area contributed by atoms with Crippen molar-refractivity contribution in [3.63, 3.8) is 0 Å². The van der Waals surface area contributed by atoms with Crippen molar-refractivity contribution in [1.82, 2.24) is 9.36 Å². The van der Waals surface area contributed by atoms with Crippen LogP contribution in [-0.2, 0) is 0 Å². The van der Waals surface area contributed by atoms with Crippen LogP contribution in [0.5, 0.6) is 5.75 Å². The van der Waals surface area contributed by atoms with E-state index in [4.69, 9.17) is 16.3 Å². The molecule has 0 aliphatic carbocycles. The normalized spacial score (nSPS) is 16.3. The molecule has 1 aliphatic rings. The van der Waals surface area contributed by atoms with E-state index in [1.165, 1.54) is 11.5 Å². The van der Waals surface area contributed by atoms with E-state index >= 15 is 0 Å². The highest BCUT2D eigenvalue weighted by Gasteiger charge is 2.23. The fraction of sp³-hybridized carbons (Fsp3) is 0.500. The molecule has 1 aromatic carbocycles. The molecule has 1 saturated heterocycles. The smallest absolute Gasteiger partial charge is 0.205 e. The van der Waals surface area contributed by atoms with Crippen molar-refractivity contribution in [3.05, 3.63) is 35.1 Å². The van der Waals surface area contributed by atoms with E-state index in [0.29, 0.717) is 10.9 Å². The molecule has 0 bridgehead atoms. The Kier molecular flexibility index (Phi) is 4.84. The van der Waals surface area contributed by atoms with Crippen LogP contribution in [0.25, 0.3) is 0 Å². The Balaban J connectivity index is 1.57. The third-order valence-corrected chi connectivity index (χ3v) is 4.89. The van der Waals surface area contributed by atoms with Gasteiger partial charge >= 0.3 is 0 Å². The molecule has 0 saturated carbocycles. The molecule has 0 radical (unpaired) electrons. The van der Waals surface area contributed by atoms with E-state index in [1.54, 1.807) is 0 Å². The third kappa shape index (κ3) is 3.52. The van der Waals surface area contributed by atoms with Crippen molar-refractivity contribution in [2.24, 2.45) is 0 Å². The summed E-state index contributed by atoms with van der Waals surface area (Å²) in [4.78, 5) is 6.93. The lowest BCUT2D eigenvalue weighted by molar-refractivity contribution is 0.171. The van der Waals surface area contributed by atoms with Crippen LogP contribution in [0.3, 0.4) is 0 Å². The summed E-state index contributed by atoms with van der Waals surface area (Å²) < 4.78 is 10.5. The fourth-order valence-corrected chi connectivity index (χ4v) is 3.51. The van der Waals surface area contributed by atoms with Gasteiger partial charge in [-0.2, -0.15) is 4.37 Å². The van der Waals surface area contributed by atoms with Gasteiger partial charge in [0.05, 0.1) is 5.02 Å². The monoisotopic (exact) mass is 337 g/mol. The number of nitrogens with zero attached hydrogens (tertiary/aromatic N) is 3. The molecule has 1 aliphatic heterocycles. The maximum Gasteiger partial charge on any atom is 0.205 e. The Morgan fingerprint density at radius 2 is 2.00 bits per heavy atom. The summed E-state index contributed by atoms with van der Waals surface area (Å²) in [5.41, 5.74) is 0. The predicted molar refractivity (Wildman–Crippen MR) is 91.3 cm³/mol. The molecule has 1 aromatic heterocycles. The van der Waals surface area contributed by atoms with Crippen molar-refractivity contribution < 1.29 is 4.74 Å². The van der Waals surface area contributed by atoms with Gasteiger partial charge in [0.1, 0.15) is 17.7 Å². The highest BCUT2D eigenvalue weighted by atomic mass is 35.5. The number of aromatic nitrogens is 2. The van der Waals surface area contributed by atoms with Crippen LogP contribution in [0, 0.1) is 0 Å². The molecule has 6 heteroatoms. The van der Waals surface area contributed by atoms with Gasteiger partial charge in [-0.15, -0.1) is 0 Å². The maximum atomic E-state index is 6.15. The molecule has 0 spiro atoms. The van der Waals surface area contributed by atoms with Gasteiger partial charge in [0.15, 0.2) is 0 Å². The van der Waals surface area contributed by atoms with Gasteiger partial charge < -0.3 is 9.64 Å². The van der Waals surface area contributed by atoms with E-state index < -0.39 is 0 Å². The van der Waals surface area contributed by atoms with Crippen LogP contribution in [0.15, 0.2) is 24.3 Å². The van der Waals surface area contributed by atoms with Crippen molar-refractivity contribution in [3.8, 4) is 5.75 Å². The number of hydrogen-bond donors (Lipinski definition) is 0. The first-order valence-corrected chi connectivity index (χ1v) is 8.78. The molecule has 1 fully saturated rings. The number of halogens is 1. The number of benzene rings is 1. The minimum Gasteiger partial charge on any atom is -0.489 e. The Bertz CT molecular complexity index is 623. The molecule has 22 heavy (non-hydrogen) atoms. The largest absolute Gasteiger partial charge is 0.489 e. The van der Waals surface area contributed by atoms with E-state index in [0.717, 1.165) is 42.6 Å². The number of rotatable bonds is 4. The first-order valence-electron chi connectivity index (χ1n) is 7.63. The molecular weight excluding hydrogens is 318 g/mol. The quantitative estimate of drug-likeness (QED) is 0.830. The topological polar surface area (TPSA) is 38.2 Å². The number of hydrogen-bond acceptors (Lipinski definition) is 5. The van der Waals surface area contributed by atoms with Crippen LogP contribution in [0.1, 0.15) is 38.4 Å². The van der Waals surface area contributed by atoms with Crippen LogP contribution in [0.4, 0.5) is 5.13 Å². The van der Waals surface area contributed by atoms with E-state index in [1.807, 2.05) is 24.3 Å². The molecular formula is C16H20ClN3OS. The standard InChI is InChI=1S/C16H20ClN3OS/c1-11(2)15-18-16(22-19-15)20-9-7-12(8-10-20)21-14-6-4-3-5-13(14)17/h3-6,11-12H,7-10H2,1-2H3. The number of para-hydroxylation sites is 1. The Morgan fingerprint density at radius 1 is 1.27 bits per heavy atom. The number of piperidine rings is 1. The van der Waals surface area contributed by atoms with Crippen LogP contribution in [0.2, 0.25) is 5.02 Å². The first-order chi connectivity index (χ1) is 10.6. The summed E-state index contributed by atoms with van der Waals surface area (Å²) >= 11 is 7.64. The zero-order valence-electron chi connectivity index (χ0n) is 12.8. The van der Waals surface area contributed by atoms with E-state index in [2.05, 4.69) is 28.1 Å². The molecule has 0 unspecified atom stereocenters. The summed E-state index contributed by atoms with van der Waals surface area (Å²) in [7, 11) is 0. The minimum atomic E-state index is 0.216. The number of ether oxygens (including phenoxy) is 1. The van der Waals surface area contributed by atoms with Crippen molar-refractivity contribution in [2.75, 3.05) is 18.0 Å². The number of anilines is 1. The molecule has 3 rings (SSSR count). The summed E-state index contributed by atoms with van der Waals surface area (Å²) in [5.74, 6) is 2.10. The lowest BCUT2D eigenvalue weighted by Gasteiger charge is -2.31. The lowest BCUT2D eigenvalue weighted by Crippen LogP contribution is -2.38. The first kappa shape index (κ1) is 15.6. The zero-order valence-corrected chi connectivity index (χ0v) is 14.4. The highest BCUT2D eigenvalue weighted by Crippen LogP contribution is 2.29. The van der Waals surface area contributed by atoms with Gasteiger partial charge in [0, 0.05) is 43.4 Å². The van der Waals surface area contributed by atoms with E-state index in [9.17, 15) is 0 Å². The third-order valence-electron chi connectivity index (χ3n) is 3.79. The Hall–Kier alpha value is -1.33. The second-order valence-electron chi connectivity index (χ2n) is 5.82. The predicted octanol–water partition coefficient (Wildman–Crippen LogP) is 4.36. The molecule has 0 N–H and O–H groups in total. The second-order valence-corrected chi connectivity index (χ2v) is 6.96. The summed E-state index contributed by atoms with van der Waals surface area (Å²) in [6.45, 7) is 6.13. The fourth-order valence-electron chi connectivity index (χ4n) is 2.47. The zero-order chi connectivity index (χ0) is 15.5. The molecule has 2 aromatic rings. The molecule has 4 nitrogen and oxygen atoms in total. The second kappa shape index (κ2) is 6.84. The van der Waals surface area contributed by atoms with Crippen LogP contribution in [-0.4, -0.2) is 28.6 Å². The molecule has 0 amide bonds. The van der Waals surface area contributed by atoms with Gasteiger partial charge in [-0.05, 0) is 12.1 Å². The minimum absolute atomic E-state index is 0.216. The van der Waals surface area contributed by atoms with Gasteiger partial charge in [0.2, 0.25) is 5.13 Å². The molecule has 2 heterocycles. The average molecular weight is 338 g/mol. The van der Waals surface area contributed by atoms with Crippen molar-refractivity contribution in [2.45, 2.75) is 38.7 Å². The summed E-state index contributed by atoms with van der Waals surface area (Å²) in [6, 6.07) is 7.65. The Morgan fingerprint density at radius 3 is 2.64 bits per heavy atom.